The molecule has 0 aromatic rings. The molecule has 1 atom stereocenters. The monoisotopic (exact) mass is 285 g/mol. The molecule has 0 aromatic carbocycles. The van der Waals surface area contributed by atoms with Gasteiger partial charge in [-0.3, -0.25) is 9.59 Å². The quantitative estimate of drug-likeness (QED) is 0.557. The Hall–Kier alpha value is -1.14. The van der Waals surface area contributed by atoms with Crippen LogP contribution in [-0.2, 0) is 14.3 Å². The van der Waals surface area contributed by atoms with Crippen LogP contribution in [0.25, 0.3) is 0 Å². The van der Waals surface area contributed by atoms with Crippen molar-refractivity contribution in [1.82, 2.24) is 10.6 Å². The van der Waals surface area contributed by atoms with Crippen LogP contribution in [0, 0.1) is 11.3 Å². The Balaban J connectivity index is 2.19. The molecule has 2 amide bonds. The maximum Gasteiger partial charge on any atom is 0.239 e. The van der Waals surface area contributed by atoms with Crippen molar-refractivity contribution in [3.63, 3.8) is 0 Å². The average molecular weight is 285 g/mol. The summed E-state index contributed by atoms with van der Waals surface area (Å²) in [4.78, 5) is 23.3. The lowest BCUT2D eigenvalue weighted by Gasteiger charge is -2.17. The normalized spacial score (nSPS) is 17.6. The Morgan fingerprint density at radius 2 is 1.95 bits per heavy atom. The topological polar surface area (TPSA) is 93.5 Å². The molecular weight excluding hydrogens is 258 g/mol. The molecule has 0 bridgehead atoms. The van der Waals surface area contributed by atoms with Crippen LogP contribution in [0.2, 0.25) is 0 Å². The molecule has 0 aromatic heterocycles. The number of methoxy groups -OCH3 is 1. The van der Waals surface area contributed by atoms with E-state index >= 15 is 0 Å². The van der Waals surface area contributed by atoms with Crippen LogP contribution in [-0.4, -0.2) is 44.7 Å². The minimum atomic E-state index is -0.570. The van der Waals surface area contributed by atoms with Gasteiger partial charge in [-0.25, -0.2) is 0 Å². The molecule has 116 valence electrons. The van der Waals surface area contributed by atoms with Gasteiger partial charge < -0.3 is 21.1 Å². The predicted molar refractivity (Wildman–Crippen MR) is 77.0 cm³/mol. The van der Waals surface area contributed by atoms with Crippen LogP contribution in [0.5, 0.6) is 0 Å². The van der Waals surface area contributed by atoms with Crippen molar-refractivity contribution in [2.75, 3.05) is 26.8 Å². The molecule has 1 saturated carbocycles. The van der Waals surface area contributed by atoms with E-state index in [1.807, 2.05) is 13.8 Å². The molecule has 1 aliphatic rings. The number of amides is 2. The molecule has 1 fully saturated rings. The van der Waals surface area contributed by atoms with Gasteiger partial charge in [0.1, 0.15) is 0 Å². The zero-order chi connectivity index (χ0) is 15.2. The van der Waals surface area contributed by atoms with Crippen LogP contribution in [0.15, 0.2) is 0 Å². The minimum absolute atomic E-state index is 0.0143. The van der Waals surface area contributed by atoms with E-state index in [1.165, 1.54) is 0 Å². The molecule has 0 saturated heterocycles. The number of rotatable bonds is 9. The number of nitrogens with one attached hydrogen (secondary N) is 2. The van der Waals surface area contributed by atoms with Crippen LogP contribution >= 0.6 is 0 Å². The molecule has 1 rings (SSSR count). The first-order valence-electron chi connectivity index (χ1n) is 7.19. The fourth-order valence-corrected chi connectivity index (χ4v) is 1.95. The molecule has 0 heterocycles. The molecule has 0 spiro atoms. The summed E-state index contributed by atoms with van der Waals surface area (Å²) in [5.74, 6) is -0.393. The summed E-state index contributed by atoms with van der Waals surface area (Å²) in [5, 5.41) is 5.43. The molecule has 4 N–H and O–H groups in total. The van der Waals surface area contributed by atoms with E-state index in [-0.39, 0.29) is 29.7 Å². The summed E-state index contributed by atoms with van der Waals surface area (Å²) in [6.45, 7) is 5.10. The average Bonchev–Trinajstić information content (AvgIpc) is 3.19. The van der Waals surface area contributed by atoms with Gasteiger partial charge in [0, 0.05) is 20.3 Å². The van der Waals surface area contributed by atoms with Gasteiger partial charge in [0.2, 0.25) is 11.8 Å². The summed E-state index contributed by atoms with van der Waals surface area (Å²) in [7, 11) is 1.68. The van der Waals surface area contributed by atoms with Crippen LogP contribution in [0.4, 0.5) is 0 Å². The van der Waals surface area contributed by atoms with E-state index in [0.717, 1.165) is 25.9 Å². The number of carbonyl (C=O) groups is 2. The van der Waals surface area contributed by atoms with Gasteiger partial charge in [0.05, 0.1) is 12.6 Å². The maximum atomic E-state index is 11.7. The van der Waals surface area contributed by atoms with Gasteiger partial charge in [0.15, 0.2) is 0 Å². The summed E-state index contributed by atoms with van der Waals surface area (Å²) >= 11 is 0. The van der Waals surface area contributed by atoms with Crippen molar-refractivity contribution in [3.8, 4) is 0 Å². The van der Waals surface area contributed by atoms with Crippen LogP contribution in [0.3, 0.4) is 0 Å². The number of carbonyl (C=O) groups excluding carboxylic acids is 2. The van der Waals surface area contributed by atoms with Crippen molar-refractivity contribution in [2.24, 2.45) is 17.1 Å². The van der Waals surface area contributed by atoms with Gasteiger partial charge >= 0.3 is 0 Å². The fourth-order valence-electron chi connectivity index (χ4n) is 1.95. The predicted octanol–water partition coefficient (Wildman–Crippen LogP) is 0.0188. The highest BCUT2D eigenvalue weighted by Crippen LogP contribution is 2.48. The highest BCUT2D eigenvalue weighted by Gasteiger charge is 2.42. The lowest BCUT2D eigenvalue weighted by atomic mass is 10.0. The van der Waals surface area contributed by atoms with Crippen molar-refractivity contribution >= 4 is 11.8 Å². The highest BCUT2D eigenvalue weighted by molar-refractivity contribution is 5.87. The minimum Gasteiger partial charge on any atom is -0.385 e. The second-order valence-corrected chi connectivity index (χ2v) is 6.01. The summed E-state index contributed by atoms with van der Waals surface area (Å²) in [6, 6.07) is -0.570. The summed E-state index contributed by atoms with van der Waals surface area (Å²) in [6.07, 6.45) is 3.22. The van der Waals surface area contributed by atoms with Gasteiger partial charge in [-0.05, 0) is 30.6 Å². The first-order valence-corrected chi connectivity index (χ1v) is 7.19. The number of nitrogens with two attached hydrogens (primary N) is 1. The fraction of sp³-hybridized carbons (Fsp3) is 0.857. The van der Waals surface area contributed by atoms with Crippen molar-refractivity contribution < 1.29 is 14.3 Å². The Labute approximate surface area is 120 Å². The van der Waals surface area contributed by atoms with E-state index in [4.69, 9.17) is 10.5 Å². The third-order valence-corrected chi connectivity index (χ3v) is 3.90. The number of hydrogen-bond donors (Lipinski definition) is 3. The first-order chi connectivity index (χ1) is 9.40. The van der Waals surface area contributed by atoms with Crippen molar-refractivity contribution in [2.45, 2.75) is 39.2 Å². The van der Waals surface area contributed by atoms with Crippen LogP contribution < -0.4 is 16.4 Å². The zero-order valence-corrected chi connectivity index (χ0v) is 12.7. The largest absolute Gasteiger partial charge is 0.385 e. The standard InChI is InChI=1S/C14H27N3O3/c1-10(2)12(15)13(19)16-8-11(18)17-9-14(4-5-14)6-7-20-3/h10,12H,4-9,15H2,1-3H3,(H,16,19)(H,17,18)/t12-/m0/s1. The third kappa shape index (κ3) is 5.46. The van der Waals surface area contributed by atoms with E-state index in [0.29, 0.717) is 6.54 Å². The van der Waals surface area contributed by atoms with E-state index in [1.54, 1.807) is 7.11 Å². The maximum absolute atomic E-state index is 11.7. The van der Waals surface area contributed by atoms with E-state index in [2.05, 4.69) is 10.6 Å². The van der Waals surface area contributed by atoms with Gasteiger partial charge in [-0.2, -0.15) is 0 Å². The Morgan fingerprint density at radius 1 is 1.30 bits per heavy atom. The molecule has 6 heteroatoms. The van der Waals surface area contributed by atoms with Crippen molar-refractivity contribution in [3.05, 3.63) is 0 Å². The molecule has 20 heavy (non-hydrogen) atoms. The number of hydrogen-bond acceptors (Lipinski definition) is 4. The Bertz CT molecular complexity index is 341. The van der Waals surface area contributed by atoms with Crippen LogP contribution in [0.1, 0.15) is 33.1 Å². The second-order valence-electron chi connectivity index (χ2n) is 6.01. The molecular formula is C14H27N3O3. The third-order valence-electron chi connectivity index (χ3n) is 3.90. The SMILES string of the molecule is COCCC1(CNC(=O)CNC(=O)[C@@H](N)C(C)C)CC1. The summed E-state index contributed by atoms with van der Waals surface area (Å²) in [5.41, 5.74) is 5.91. The molecule has 6 nitrogen and oxygen atoms in total. The van der Waals surface area contributed by atoms with Gasteiger partial charge in [0.25, 0.3) is 0 Å². The molecule has 1 aliphatic carbocycles. The van der Waals surface area contributed by atoms with E-state index < -0.39 is 6.04 Å². The summed E-state index contributed by atoms with van der Waals surface area (Å²) < 4.78 is 5.07. The molecule has 0 radical (unpaired) electrons. The van der Waals surface area contributed by atoms with Crippen molar-refractivity contribution in [1.29, 1.82) is 0 Å². The second kappa shape index (κ2) is 7.59. The van der Waals surface area contributed by atoms with Gasteiger partial charge in [-0.15, -0.1) is 0 Å². The van der Waals surface area contributed by atoms with Gasteiger partial charge in [-0.1, -0.05) is 13.8 Å². The smallest absolute Gasteiger partial charge is 0.239 e. The molecule has 0 unspecified atom stereocenters. The lowest BCUT2D eigenvalue weighted by Crippen LogP contribution is -2.47. The Morgan fingerprint density at radius 3 is 2.45 bits per heavy atom. The zero-order valence-electron chi connectivity index (χ0n) is 12.7. The first kappa shape index (κ1) is 16.9. The van der Waals surface area contributed by atoms with E-state index in [9.17, 15) is 9.59 Å². The highest BCUT2D eigenvalue weighted by atomic mass is 16.5. The number of ether oxygens (including phenoxy) is 1. The Kier molecular flexibility index (Phi) is 6.42. The molecule has 0 aliphatic heterocycles. The lowest BCUT2D eigenvalue weighted by molar-refractivity contribution is -0.127.